The van der Waals surface area contributed by atoms with Gasteiger partial charge in [0, 0.05) is 23.6 Å². The molecule has 1 aromatic heterocycles. The Hall–Kier alpha value is -2.09. The molecule has 1 N–H and O–H groups in total. The van der Waals surface area contributed by atoms with Gasteiger partial charge in [-0.15, -0.1) is 0 Å². The lowest BCUT2D eigenvalue weighted by atomic mass is 10.1. The van der Waals surface area contributed by atoms with E-state index < -0.39 is 21.7 Å². The molecule has 112 valence electrons. The van der Waals surface area contributed by atoms with E-state index in [0.29, 0.717) is 0 Å². The number of aromatic nitrogens is 1. The van der Waals surface area contributed by atoms with Crippen molar-refractivity contribution in [3.8, 4) is 16.9 Å². The first-order chi connectivity index (χ1) is 9.59. The molecule has 0 radical (unpaired) electrons. The van der Waals surface area contributed by atoms with Crippen molar-refractivity contribution in [3.63, 3.8) is 0 Å². The highest BCUT2D eigenvalue weighted by molar-refractivity contribution is 7.90. The van der Waals surface area contributed by atoms with Crippen molar-refractivity contribution in [2.24, 2.45) is 0 Å². The Morgan fingerprint density at radius 3 is 2.29 bits per heavy atom. The average molecular weight is 317 g/mol. The first-order valence-electron chi connectivity index (χ1n) is 5.66. The van der Waals surface area contributed by atoms with Crippen molar-refractivity contribution < 1.29 is 26.7 Å². The van der Waals surface area contributed by atoms with Gasteiger partial charge in [0.2, 0.25) is 0 Å². The summed E-state index contributed by atoms with van der Waals surface area (Å²) in [5, 5.41) is 9.74. The van der Waals surface area contributed by atoms with Crippen LogP contribution in [0.1, 0.15) is 5.69 Å². The molecule has 0 aliphatic heterocycles. The molecule has 1 aromatic carbocycles. The number of phenolic OH excluding ortho intramolecular Hbond substituents is 1. The molecule has 4 nitrogen and oxygen atoms in total. The summed E-state index contributed by atoms with van der Waals surface area (Å²) < 4.78 is 60.2. The Morgan fingerprint density at radius 1 is 1.14 bits per heavy atom. The fourth-order valence-corrected chi connectivity index (χ4v) is 2.35. The number of hydrogen-bond acceptors (Lipinski definition) is 4. The third kappa shape index (κ3) is 3.33. The molecular formula is C13H10F3NO3S. The molecule has 2 aromatic rings. The quantitative estimate of drug-likeness (QED) is 0.925. The lowest BCUT2D eigenvalue weighted by Gasteiger charge is -2.09. The largest absolute Gasteiger partial charge is 0.507 e. The summed E-state index contributed by atoms with van der Waals surface area (Å²) in [7, 11) is -3.49. The van der Waals surface area contributed by atoms with Crippen molar-refractivity contribution in [3.05, 3.63) is 42.2 Å². The number of alkyl halides is 3. The van der Waals surface area contributed by atoms with Gasteiger partial charge in [0.15, 0.2) is 9.84 Å². The van der Waals surface area contributed by atoms with E-state index in [1.807, 2.05) is 0 Å². The van der Waals surface area contributed by atoms with Crippen LogP contribution in [0, 0.1) is 0 Å². The molecule has 21 heavy (non-hydrogen) atoms. The van der Waals surface area contributed by atoms with Gasteiger partial charge in [0.25, 0.3) is 0 Å². The molecule has 0 aliphatic carbocycles. The molecule has 0 saturated heterocycles. The summed E-state index contributed by atoms with van der Waals surface area (Å²) in [6, 6.07) is 5.46. The highest BCUT2D eigenvalue weighted by Crippen LogP contribution is 2.33. The molecule has 0 aliphatic rings. The highest BCUT2D eigenvalue weighted by Gasteiger charge is 2.32. The van der Waals surface area contributed by atoms with E-state index in [-0.39, 0.29) is 21.8 Å². The topological polar surface area (TPSA) is 67.3 Å². The molecule has 1 heterocycles. The van der Waals surface area contributed by atoms with E-state index in [1.165, 1.54) is 18.2 Å². The van der Waals surface area contributed by atoms with Gasteiger partial charge in [-0.25, -0.2) is 8.42 Å². The minimum Gasteiger partial charge on any atom is -0.507 e. The van der Waals surface area contributed by atoms with Crippen LogP contribution in [0.2, 0.25) is 0 Å². The Kier molecular flexibility index (Phi) is 3.66. The van der Waals surface area contributed by atoms with Crippen molar-refractivity contribution in [2.75, 3.05) is 6.26 Å². The van der Waals surface area contributed by atoms with E-state index >= 15 is 0 Å². The van der Waals surface area contributed by atoms with Crippen LogP contribution >= 0.6 is 0 Å². The predicted octanol–water partition coefficient (Wildman–Crippen LogP) is 2.88. The van der Waals surface area contributed by atoms with Crippen LogP contribution in [0.3, 0.4) is 0 Å². The Balaban J connectivity index is 2.52. The van der Waals surface area contributed by atoms with Crippen molar-refractivity contribution in [1.29, 1.82) is 0 Å². The SMILES string of the molecule is CS(=O)(=O)c1ccc(O)c(-c2ccc(C(F)(F)F)nc2)c1. The molecule has 0 bridgehead atoms. The maximum absolute atomic E-state index is 12.4. The van der Waals surface area contributed by atoms with Gasteiger partial charge in [-0.2, -0.15) is 13.2 Å². The van der Waals surface area contributed by atoms with Crippen molar-refractivity contribution in [2.45, 2.75) is 11.1 Å². The summed E-state index contributed by atoms with van der Waals surface area (Å²) in [6.45, 7) is 0. The van der Waals surface area contributed by atoms with Crippen LogP contribution in [0.25, 0.3) is 11.1 Å². The maximum Gasteiger partial charge on any atom is 0.433 e. The summed E-state index contributed by atoms with van der Waals surface area (Å²) in [5.74, 6) is -0.246. The number of pyridine rings is 1. The summed E-state index contributed by atoms with van der Waals surface area (Å²) in [5.41, 5.74) is -0.782. The van der Waals surface area contributed by atoms with E-state index in [0.717, 1.165) is 24.6 Å². The molecule has 2 rings (SSSR count). The van der Waals surface area contributed by atoms with E-state index in [2.05, 4.69) is 4.98 Å². The molecule has 0 atom stereocenters. The summed E-state index contributed by atoms with van der Waals surface area (Å²) in [4.78, 5) is 3.23. The van der Waals surface area contributed by atoms with Crippen LogP contribution in [-0.4, -0.2) is 24.8 Å². The molecule has 0 amide bonds. The number of benzene rings is 1. The maximum atomic E-state index is 12.4. The smallest absolute Gasteiger partial charge is 0.433 e. The normalized spacial score (nSPS) is 12.4. The van der Waals surface area contributed by atoms with Gasteiger partial charge < -0.3 is 5.11 Å². The number of rotatable bonds is 2. The fourth-order valence-electron chi connectivity index (χ4n) is 1.70. The average Bonchev–Trinajstić information content (AvgIpc) is 2.37. The van der Waals surface area contributed by atoms with Gasteiger partial charge in [-0.3, -0.25) is 4.98 Å². The third-order valence-corrected chi connectivity index (χ3v) is 3.87. The lowest BCUT2D eigenvalue weighted by Crippen LogP contribution is -2.07. The first kappa shape index (κ1) is 15.3. The number of halogens is 3. The molecule has 0 saturated carbocycles. The fraction of sp³-hybridized carbons (Fsp3) is 0.154. The van der Waals surface area contributed by atoms with Crippen molar-refractivity contribution in [1.82, 2.24) is 4.98 Å². The Bertz CT molecular complexity index is 768. The van der Waals surface area contributed by atoms with Gasteiger partial charge in [-0.05, 0) is 24.3 Å². The first-order valence-corrected chi connectivity index (χ1v) is 7.55. The van der Waals surface area contributed by atoms with Crippen LogP contribution in [0.4, 0.5) is 13.2 Å². The zero-order valence-corrected chi connectivity index (χ0v) is 11.5. The zero-order valence-electron chi connectivity index (χ0n) is 10.7. The lowest BCUT2D eigenvalue weighted by molar-refractivity contribution is -0.141. The highest BCUT2D eigenvalue weighted by atomic mass is 32.2. The number of nitrogens with zero attached hydrogens (tertiary/aromatic N) is 1. The molecule has 0 fully saturated rings. The Morgan fingerprint density at radius 2 is 1.81 bits per heavy atom. The second-order valence-electron chi connectivity index (χ2n) is 4.38. The van der Waals surface area contributed by atoms with E-state index in [4.69, 9.17) is 0 Å². The monoisotopic (exact) mass is 317 g/mol. The minimum atomic E-state index is -4.56. The third-order valence-electron chi connectivity index (χ3n) is 2.76. The van der Waals surface area contributed by atoms with Gasteiger partial charge >= 0.3 is 6.18 Å². The van der Waals surface area contributed by atoms with E-state index in [9.17, 15) is 26.7 Å². The van der Waals surface area contributed by atoms with Gasteiger partial charge in [0.05, 0.1) is 4.90 Å². The number of hydrogen-bond donors (Lipinski definition) is 1. The molecule has 8 heteroatoms. The van der Waals surface area contributed by atoms with E-state index in [1.54, 1.807) is 0 Å². The minimum absolute atomic E-state index is 0.0461. The number of phenols is 1. The molecule has 0 unspecified atom stereocenters. The van der Waals surface area contributed by atoms with Crippen molar-refractivity contribution >= 4 is 9.84 Å². The predicted molar refractivity (Wildman–Crippen MR) is 69.4 cm³/mol. The number of aromatic hydroxyl groups is 1. The van der Waals surface area contributed by atoms with Gasteiger partial charge in [0.1, 0.15) is 11.4 Å². The molecule has 0 spiro atoms. The zero-order chi connectivity index (χ0) is 15.8. The van der Waals surface area contributed by atoms with Crippen LogP contribution in [0.15, 0.2) is 41.4 Å². The second kappa shape index (κ2) is 5.03. The summed E-state index contributed by atoms with van der Waals surface area (Å²) >= 11 is 0. The number of sulfone groups is 1. The standard InChI is InChI=1S/C13H10F3NO3S/c1-21(19,20)9-3-4-11(18)10(6-9)8-2-5-12(17-7-8)13(14,15)16/h2-7,18H,1H3. The second-order valence-corrected chi connectivity index (χ2v) is 6.40. The van der Waals surface area contributed by atoms with Gasteiger partial charge in [-0.1, -0.05) is 6.07 Å². The molecular weight excluding hydrogens is 307 g/mol. The Labute approximate surface area is 118 Å². The summed E-state index contributed by atoms with van der Waals surface area (Å²) in [6.07, 6.45) is -2.63. The van der Waals surface area contributed by atoms with Crippen LogP contribution in [0.5, 0.6) is 5.75 Å². The van der Waals surface area contributed by atoms with Crippen LogP contribution < -0.4 is 0 Å². The van der Waals surface area contributed by atoms with Crippen LogP contribution in [-0.2, 0) is 16.0 Å².